The lowest BCUT2D eigenvalue weighted by Gasteiger charge is -2.37. The fourth-order valence-electron chi connectivity index (χ4n) is 5.00. The van der Waals surface area contributed by atoms with Gasteiger partial charge in [-0.3, -0.25) is 18.5 Å². The predicted molar refractivity (Wildman–Crippen MR) is 157 cm³/mol. The van der Waals surface area contributed by atoms with E-state index in [1.54, 1.807) is 0 Å². The lowest BCUT2D eigenvalue weighted by atomic mass is 9.80. The second kappa shape index (κ2) is 11.8. The van der Waals surface area contributed by atoms with Gasteiger partial charge in [0.2, 0.25) is 0 Å². The molecule has 0 saturated carbocycles. The number of rotatable bonds is 9. The van der Waals surface area contributed by atoms with Gasteiger partial charge >= 0.3 is 5.69 Å². The van der Waals surface area contributed by atoms with Crippen molar-refractivity contribution in [2.45, 2.75) is 30.5 Å². The van der Waals surface area contributed by atoms with Crippen LogP contribution in [0.3, 0.4) is 0 Å². The summed E-state index contributed by atoms with van der Waals surface area (Å²) in [6.45, 7) is -0.0649. The van der Waals surface area contributed by atoms with Crippen LogP contribution in [-0.4, -0.2) is 43.0 Å². The molecule has 1 saturated heterocycles. The lowest BCUT2D eigenvalue weighted by molar-refractivity contribution is -0.0910. The fraction of sp³-hybridized carbons (Fsp3) is 0.241. The molecule has 9 nitrogen and oxygen atoms in total. The second-order valence-electron chi connectivity index (χ2n) is 9.44. The molecule has 11 heteroatoms. The summed E-state index contributed by atoms with van der Waals surface area (Å²) in [7, 11) is -3.86. The SMILES string of the molecule is CS(=O)(=O)O[C@H]1C[C@H](n2cc(I)c(=O)[nH]c2=O)O[C@@H]1COC(c1ccccc1)(c1ccccc1)c1ccccc1. The number of hydrogen-bond donors (Lipinski definition) is 1. The first-order chi connectivity index (χ1) is 19.2. The van der Waals surface area contributed by atoms with Gasteiger partial charge in [0.15, 0.2) is 0 Å². The largest absolute Gasteiger partial charge is 0.358 e. The van der Waals surface area contributed by atoms with Crippen molar-refractivity contribution in [3.05, 3.63) is 138 Å². The van der Waals surface area contributed by atoms with Crippen LogP contribution in [-0.2, 0) is 29.4 Å². The molecule has 4 aromatic rings. The number of ether oxygens (including phenoxy) is 2. The van der Waals surface area contributed by atoms with Crippen LogP contribution < -0.4 is 11.2 Å². The van der Waals surface area contributed by atoms with E-state index in [4.69, 9.17) is 13.7 Å². The van der Waals surface area contributed by atoms with Crippen molar-refractivity contribution in [3.8, 4) is 0 Å². The highest BCUT2D eigenvalue weighted by molar-refractivity contribution is 14.1. The molecule has 208 valence electrons. The van der Waals surface area contributed by atoms with Gasteiger partial charge < -0.3 is 9.47 Å². The van der Waals surface area contributed by atoms with Crippen LogP contribution in [0.25, 0.3) is 0 Å². The van der Waals surface area contributed by atoms with Gasteiger partial charge in [-0.2, -0.15) is 8.42 Å². The van der Waals surface area contributed by atoms with Crippen molar-refractivity contribution in [3.63, 3.8) is 0 Å². The monoisotopic (exact) mass is 674 g/mol. The minimum absolute atomic E-state index is 0.0537. The highest BCUT2D eigenvalue weighted by Gasteiger charge is 2.44. The first-order valence-corrected chi connectivity index (χ1v) is 15.4. The summed E-state index contributed by atoms with van der Waals surface area (Å²) < 4.78 is 44.3. The zero-order chi connectivity index (χ0) is 28.3. The summed E-state index contributed by atoms with van der Waals surface area (Å²) in [4.78, 5) is 26.7. The fourth-order valence-corrected chi connectivity index (χ4v) is 6.08. The van der Waals surface area contributed by atoms with Crippen LogP contribution >= 0.6 is 22.6 Å². The molecule has 3 aromatic carbocycles. The molecule has 1 aliphatic heterocycles. The summed E-state index contributed by atoms with van der Waals surface area (Å²) >= 11 is 1.82. The van der Waals surface area contributed by atoms with Gasteiger partial charge in [-0.1, -0.05) is 91.0 Å². The molecule has 0 spiro atoms. The average Bonchev–Trinajstić information content (AvgIpc) is 3.33. The average molecular weight is 675 g/mol. The van der Waals surface area contributed by atoms with E-state index in [0.717, 1.165) is 22.9 Å². The zero-order valence-electron chi connectivity index (χ0n) is 21.5. The van der Waals surface area contributed by atoms with Crippen LogP contribution in [0.1, 0.15) is 29.3 Å². The lowest BCUT2D eigenvalue weighted by Crippen LogP contribution is -2.39. The molecule has 5 rings (SSSR count). The predicted octanol–water partition coefficient (Wildman–Crippen LogP) is 3.78. The van der Waals surface area contributed by atoms with Gasteiger partial charge in [0.05, 0.1) is 16.4 Å². The highest BCUT2D eigenvalue weighted by Crippen LogP contribution is 2.42. The van der Waals surface area contributed by atoms with E-state index in [2.05, 4.69) is 4.98 Å². The first-order valence-electron chi connectivity index (χ1n) is 12.5. The minimum Gasteiger partial charge on any atom is -0.358 e. The molecule has 1 aliphatic rings. The Morgan fingerprint density at radius 3 is 1.90 bits per heavy atom. The molecule has 3 atom stereocenters. The summed E-state index contributed by atoms with van der Waals surface area (Å²) in [5, 5.41) is 0. The summed E-state index contributed by atoms with van der Waals surface area (Å²) in [6.07, 6.45) is -0.260. The molecular formula is C29H27IN2O7S. The molecule has 0 unspecified atom stereocenters. The number of aromatic nitrogens is 2. The molecule has 0 amide bonds. The molecule has 0 radical (unpaired) electrons. The van der Waals surface area contributed by atoms with E-state index in [0.29, 0.717) is 0 Å². The number of H-pyrrole nitrogens is 1. The van der Waals surface area contributed by atoms with Crippen molar-refractivity contribution < 1.29 is 22.1 Å². The molecule has 1 N–H and O–H groups in total. The Balaban J connectivity index is 1.56. The summed E-state index contributed by atoms with van der Waals surface area (Å²) in [5.74, 6) is 0. The summed E-state index contributed by atoms with van der Waals surface area (Å²) in [6, 6.07) is 29.2. The van der Waals surface area contributed by atoms with Crippen LogP contribution in [0.5, 0.6) is 0 Å². The number of benzene rings is 3. The molecule has 0 bridgehead atoms. The quantitative estimate of drug-likeness (QED) is 0.163. The van der Waals surface area contributed by atoms with Gasteiger partial charge in [0.25, 0.3) is 15.7 Å². The Labute approximate surface area is 245 Å². The van der Waals surface area contributed by atoms with Gasteiger partial charge in [-0.15, -0.1) is 0 Å². The summed E-state index contributed by atoms with van der Waals surface area (Å²) in [5.41, 5.74) is 0.367. The van der Waals surface area contributed by atoms with E-state index in [-0.39, 0.29) is 16.6 Å². The van der Waals surface area contributed by atoms with Crippen molar-refractivity contribution >= 4 is 32.7 Å². The molecule has 1 fully saturated rings. The zero-order valence-corrected chi connectivity index (χ0v) is 24.4. The van der Waals surface area contributed by atoms with Crippen LogP contribution in [0.4, 0.5) is 0 Å². The third kappa shape index (κ3) is 5.98. The van der Waals surface area contributed by atoms with E-state index in [1.807, 2.05) is 114 Å². The molecule has 2 heterocycles. The number of halogens is 1. The van der Waals surface area contributed by atoms with Gasteiger partial charge in [-0.05, 0) is 39.3 Å². The molecule has 40 heavy (non-hydrogen) atoms. The number of nitrogens with zero attached hydrogens (tertiary/aromatic N) is 1. The maximum absolute atomic E-state index is 12.6. The number of aromatic amines is 1. The Hall–Kier alpha value is -3.10. The van der Waals surface area contributed by atoms with Gasteiger partial charge in [0.1, 0.15) is 24.0 Å². The third-order valence-corrected chi connectivity index (χ3v) is 8.08. The normalized spacial score (nSPS) is 19.5. The van der Waals surface area contributed by atoms with Crippen molar-refractivity contribution in [1.29, 1.82) is 0 Å². The smallest absolute Gasteiger partial charge is 0.330 e. The Morgan fingerprint density at radius 2 is 1.43 bits per heavy atom. The van der Waals surface area contributed by atoms with E-state index in [9.17, 15) is 18.0 Å². The van der Waals surface area contributed by atoms with Crippen molar-refractivity contribution in [2.75, 3.05) is 12.9 Å². The van der Waals surface area contributed by atoms with Crippen LogP contribution in [0, 0.1) is 3.57 Å². The maximum Gasteiger partial charge on any atom is 0.330 e. The third-order valence-electron chi connectivity index (χ3n) is 6.72. The van der Waals surface area contributed by atoms with Gasteiger partial charge in [0, 0.05) is 12.6 Å². The Bertz CT molecular complexity index is 1580. The Kier molecular flexibility index (Phi) is 8.38. The molecule has 1 aromatic heterocycles. The minimum atomic E-state index is -3.86. The maximum atomic E-state index is 12.6. The van der Waals surface area contributed by atoms with E-state index < -0.39 is 45.4 Å². The Morgan fingerprint density at radius 1 is 0.925 bits per heavy atom. The molecule has 0 aliphatic carbocycles. The number of hydrogen-bond acceptors (Lipinski definition) is 7. The van der Waals surface area contributed by atoms with Gasteiger partial charge in [-0.25, -0.2) is 4.79 Å². The topological polar surface area (TPSA) is 117 Å². The van der Waals surface area contributed by atoms with Crippen molar-refractivity contribution in [1.82, 2.24) is 9.55 Å². The molecular weight excluding hydrogens is 647 g/mol. The van der Waals surface area contributed by atoms with Crippen molar-refractivity contribution in [2.24, 2.45) is 0 Å². The number of nitrogens with one attached hydrogen (secondary N) is 1. The second-order valence-corrected chi connectivity index (χ2v) is 12.2. The van der Waals surface area contributed by atoms with E-state index >= 15 is 0 Å². The standard InChI is InChI=1S/C29H27IN2O7S/c1-40(35,36)39-24-17-26(32-18-23(30)27(33)31-28(32)34)38-25(24)19-37-29(20-11-5-2-6-12-20,21-13-7-3-8-14-21)22-15-9-4-10-16-22/h2-16,18,24-26H,17,19H2,1H3,(H,31,33,34)/t24-,25+,26+/m0/s1. The highest BCUT2D eigenvalue weighted by atomic mass is 127. The first kappa shape index (κ1) is 28.4. The van der Waals surface area contributed by atoms with Crippen LogP contribution in [0.2, 0.25) is 0 Å². The van der Waals surface area contributed by atoms with Crippen LogP contribution in [0.15, 0.2) is 107 Å². The van der Waals surface area contributed by atoms with E-state index in [1.165, 1.54) is 10.8 Å².